The van der Waals surface area contributed by atoms with E-state index in [2.05, 4.69) is 36.1 Å². The van der Waals surface area contributed by atoms with Crippen molar-refractivity contribution >= 4 is 11.8 Å². The smallest absolute Gasteiger partial charge is 0.182 e. The van der Waals surface area contributed by atoms with Gasteiger partial charge in [0.2, 0.25) is 0 Å². The van der Waals surface area contributed by atoms with Gasteiger partial charge in [0.15, 0.2) is 12.4 Å². The van der Waals surface area contributed by atoms with Crippen LogP contribution >= 0.6 is 11.8 Å². The lowest BCUT2D eigenvalue weighted by Gasteiger charge is -1.96. The Morgan fingerprint density at radius 2 is 2.42 bits per heavy atom. The molecule has 2 heteroatoms. The van der Waals surface area contributed by atoms with E-state index < -0.39 is 0 Å². The number of rotatable bonds is 3. The molecule has 2 rings (SSSR count). The topological polar surface area (TPSA) is 3.88 Å². The first kappa shape index (κ1) is 8.11. The molecule has 0 aliphatic heterocycles. The molecule has 0 bridgehead atoms. The standard InChI is InChI=1S/C10H14NS/c1-11-6-2-3-10(7-11)12-8-9-4-5-9/h2-3,6-7,9H,4-5,8H2,1H3/q+1. The van der Waals surface area contributed by atoms with E-state index in [1.807, 2.05) is 11.8 Å². The van der Waals surface area contributed by atoms with Crippen LogP contribution in [0.2, 0.25) is 0 Å². The van der Waals surface area contributed by atoms with E-state index in [1.165, 1.54) is 23.5 Å². The van der Waals surface area contributed by atoms with Crippen molar-refractivity contribution in [3.8, 4) is 0 Å². The van der Waals surface area contributed by atoms with Gasteiger partial charge in [0, 0.05) is 11.8 Å². The number of pyridine rings is 1. The molecule has 0 spiro atoms. The molecule has 1 aromatic rings. The highest BCUT2D eigenvalue weighted by Gasteiger charge is 2.21. The van der Waals surface area contributed by atoms with Crippen LogP contribution in [0.5, 0.6) is 0 Å². The molecule has 64 valence electrons. The summed E-state index contributed by atoms with van der Waals surface area (Å²) in [5, 5.41) is 0. The Balaban J connectivity index is 1.92. The van der Waals surface area contributed by atoms with Gasteiger partial charge in [-0.05, 0) is 24.8 Å². The minimum atomic E-state index is 1.01. The van der Waals surface area contributed by atoms with Crippen molar-refractivity contribution in [2.24, 2.45) is 13.0 Å². The number of aromatic nitrogens is 1. The second-order valence-electron chi connectivity index (χ2n) is 3.46. The van der Waals surface area contributed by atoms with E-state index in [9.17, 15) is 0 Å². The van der Waals surface area contributed by atoms with Crippen molar-refractivity contribution in [3.05, 3.63) is 24.5 Å². The van der Waals surface area contributed by atoms with Crippen molar-refractivity contribution < 1.29 is 4.57 Å². The Bertz CT molecular complexity index is 268. The van der Waals surface area contributed by atoms with Crippen molar-refractivity contribution in [3.63, 3.8) is 0 Å². The minimum absolute atomic E-state index is 1.01. The lowest BCUT2D eigenvalue weighted by Crippen LogP contribution is -2.26. The molecule has 0 aromatic carbocycles. The van der Waals surface area contributed by atoms with Gasteiger partial charge in [0.25, 0.3) is 0 Å². The molecular formula is C10H14NS+. The van der Waals surface area contributed by atoms with Gasteiger partial charge in [-0.2, -0.15) is 0 Å². The number of thioether (sulfide) groups is 1. The number of hydrogen-bond donors (Lipinski definition) is 0. The second-order valence-corrected chi connectivity index (χ2v) is 4.55. The molecule has 0 N–H and O–H groups in total. The molecule has 0 unspecified atom stereocenters. The van der Waals surface area contributed by atoms with Gasteiger partial charge in [0.05, 0.1) is 4.90 Å². The van der Waals surface area contributed by atoms with Crippen LogP contribution in [0.1, 0.15) is 12.8 Å². The van der Waals surface area contributed by atoms with Crippen molar-refractivity contribution in [1.29, 1.82) is 0 Å². The molecule has 12 heavy (non-hydrogen) atoms. The zero-order chi connectivity index (χ0) is 8.39. The third kappa shape index (κ3) is 2.24. The Morgan fingerprint density at radius 3 is 3.08 bits per heavy atom. The Kier molecular flexibility index (Phi) is 2.35. The lowest BCUT2D eigenvalue weighted by molar-refractivity contribution is -0.673. The SMILES string of the molecule is C[n+]1cccc(SCC2CC2)c1. The molecule has 1 aromatic heterocycles. The average Bonchev–Trinajstić information content (AvgIpc) is 2.84. The molecule has 0 saturated heterocycles. The summed E-state index contributed by atoms with van der Waals surface area (Å²) >= 11 is 1.98. The van der Waals surface area contributed by atoms with E-state index >= 15 is 0 Å². The van der Waals surface area contributed by atoms with Gasteiger partial charge in [-0.3, -0.25) is 0 Å². The second kappa shape index (κ2) is 3.48. The number of aryl methyl sites for hydroxylation is 1. The van der Waals surface area contributed by atoms with Gasteiger partial charge in [-0.1, -0.05) is 0 Å². The first-order valence-electron chi connectivity index (χ1n) is 4.43. The number of nitrogens with zero attached hydrogens (tertiary/aromatic N) is 1. The molecule has 1 nitrogen and oxygen atoms in total. The van der Waals surface area contributed by atoms with Crippen LogP contribution in [0.4, 0.5) is 0 Å². The van der Waals surface area contributed by atoms with E-state index in [0.29, 0.717) is 0 Å². The fourth-order valence-corrected chi connectivity index (χ4v) is 2.32. The van der Waals surface area contributed by atoms with Crippen LogP contribution in [0.3, 0.4) is 0 Å². The fraction of sp³-hybridized carbons (Fsp3) is 0.500. The van der Waals surface area contributed by atoms with Crippen LogP contribution in [-0.4, -0.2) is 5.75 Å². The van der Waals surface area contributed by atoms with E-state index in [4.69, 9.17) is 0 Å². The van der Waals surface area contributed by atoms with Crippen LogP contribution in [0.15, 0.2) is 29.4 Å². The van der Waals surface area contributed by atoms with Gasteiger partial charge < -0.3 is 0 Å². The molecule has 0 atom stereocenters. The molecule has 0 radical (unpaired) electrons. The third-order valence-electron chi connectivity index (χ3n) is 2.10. The zero-order valence-corrected chi connectivity index (χ0v) is 8.18. The summed E-state index contributed by atoms with van der Waals surface area (Å²) in [5.74, 6) is 2.32. The van der Waals surface area contributed by atoms with Crippen molar-refractivity contribution in [2.45, 2.75) is 17.7 Å². The molecular weight excluding hydrogens is 166 g/mol. The van der Waals surface area contributed by atoms with E-state index in [1.54, 1.807) is 0 Å². The average molecular weight is 180 g/mol. The van der Waals surface area contributed by atoms with Crippen molar-refractivity contribution in [2.75, 3.05) is 5.75 Å². The Morgan fingerprint density at radius 1 is 1.58 bits per heavy atom. The molecule has 1 heterocycles. The summed E-state index contributed by atoms with van der Waals surface area (Å²) in [4.78, 5) is 1.40. The zero-order valence-electron chi connectivity index (χ0n) is 7.36. The molecule has 1 saturated carbocycles. The van der Waals surface area contributed by atoms with E-state index in [-0.39, 0.29) is 0 Å². The summed E-state index contributed by atoms with van der Waals surface area (Å²) in [6, 6.07) is 4.29. The first-order chi connectivity index (χ1) is 5.84. The van der Waals surface area contributed by atoms with Crippen LogP contribution < -0.4 is 4.57 Å². The van der Waals surface area contributed by atoms with E-state index in [0.717, 1.165) is 5.92 Å². The minimum Gasteiger partial charge on any atom is -0.207 e. The van der Waals surface area contributed by atoms with Crippen LogP contribution in [-0.2, 0) is 7.05 Å². The molecule has 1 aliphatic rings. The monoisotopic (exact) mass is 180 g/mol. The highest BCUT2D eigenvalue weighted by Crippen LogP contribution is 2.34. The van der Waals surface area contributed by atoms with Crippen molar-refractivity contribution in [1.82, 2.24) is 0 Å². The highest BCUT2D eigenvalue weighted by molar-refractivity contribution is 7.99. The van der Waals surface area contributed by atoms with Crippen LogP contribution in [0.25, 0.3) is 0 Å². The quantitative estimate of drug-likeness (QED) is 0.508. The highest BCUT2D eigenvalue weighted by atomic mass is 32.2. The first-order valence-corrected chi connectivity index (χ1v) is 5.41. The lowest BCUT2D eigenvalue weighted by atomic mass is 10.5. The molecule has 0 amide bonds. The van der Waals surface area contributed by atoms with Gasteiger partial charge in [-0.15, -0.1) is 11.8 Å². The molecule has 1 fully saturated rings. The van der Waals surface area contributed by atoms with Gasteiger partial charge >= 0.3 is 0 Å². The Hall–Kier alpha value is -0.500. The predicted molar refractivity (Wildman–Crippen MR) is 51.1 cm³/mol. The summed E-state index contributed by atoms with van der Waals surface area (Å²) < 4.78 is 2.11. The maximum absolute atomic E-state index is 2.19. The largest absolute Gasteiger partial charge is 0.207 e. The maximum atomic E-state index is 2.19. The Labute approximate surface area is 77.8 Å². The summed E-state index contributed by atoms with van der Waals surface area (Å²) in [7, 11) is 2.07. The fourth-order valence-electron chi connectivity index (χ4n) is 1.14. The molecule has 1 aliphatic carbocycles. The normalized spacial score (nSPS) is 16.4. The van der Waals surface area contributed by atoms with Gasteiger partial charge in [0.1, 0.15) is 7.05 Å². The number of hydrogen-bond acceptors (Lipinski definition) is 1. The summed E-state index contributed by atoms with van der Waals surface area (Å²) in [5.41, 5.74) is 0. The summed E-state index contributed by atoms with van der Waals surface area (Å²) in [6.45, 7) is 0. The predicted octanol–water partition coefficient (Wildman–Crippen LogP) is 2.01. The third-order valence-corrected chi connectivity index (χ3v) is 3.31. The summed E-state index contributed by atoms with van der Waals surface area (Å²) in [6.07, 6.45) is 7.16. The van der Waals surface area contributed by atoms with Crippen LogP contribution in [0, 0.1) is 5.92 Å². The maximum Gasteiger partial charge on any atom is 0.182 e. The van der Waals surface area contributed by atoms with Gasteiger partial charge in [-0.25, -0.2) is 4.57 Å².